The summed E-state index contributed by atoms with van der Waals surface area (Å²) in [4.78, 5) is 39.9. The normalized spacial score (nSPS) is 20.9. The van der Waals surface area contributed by atoms with Crippen LogP contribution in [0.3, 0.4) is 0 Å². The maximum absolute atomic E-state index is 13.1. The lowest BCUT2D eigenvalue weighted by molar-refractivity contribution is -0.140. The Morgan fingerprint density at radius 3 is 2.35 bits per heavy atom. The van der Waals surface area contributed by atoms with Crippen LogP contribution in [0.25, 0.3) is 0 Å². The number of thiophene rings is 1. The molecule has 31 heavy (non-hydrogen) atoms. The lowest BCUT2D eigenvalue weighted by Gasteiger charge is -2.38. The van der Waals surface area contributed by atoms with E-state index < -0.39 is 22.4 Å². The summed E-state index contributed by atoms with van der Waals surface area (Å²) in [6, 6.07) is -0.377. The molecule has 3 rings (SSSR count). The third kappa shape index (κ3) is 5.65. The Labute approximate surface area is 187 Å². The second-order valence-corrected chi connectivity index (χ2v) is 11.8. The lowest BCUT2D eigenvalue weighted by atomic mass is 9.93. The third-order valence-electron chi connectivity index (χ3n) is 6.06. The number of nitrogens with one attached hydrogen (secondary N) is 1. The largest absolute Gasteiger partial charge is 0.452 e. The van der Waals surface area contributed by atoms with E-state index in [9.17, 15) is 22.8 Å². The second-order valence-electron chi connectivity index (χ2n) is 8.39. The van der Waals surface area contributed by atoms with Crippen molar-refractivity contribution in [2.45, 2.75) is 71.4 Å². The van der Waals surface area contributed by atoms with E-state index in [4.69, 9.17) is 4.74 Å². The topological polar surface area (TPSA) is 110 Å². The fourth-order valence-corrected chi connectivity index (χ4v) is 7.26. The van der Waals surface area contributed by atoms with E-state index in [2.05, 4.69) is 5.32 Å². The van der Waals surface area contributed by atoms with Crippen molar-refractivity contribution < 1.29 is 27.5 Å². The van der Waals surface area contributed by atoms with Crippen LogP contribution in [0.2, 0.25) is 0 Å². The molecule has 0 aromatic carbocycles. The number of hydrogen-bond acceptors (Lipinski definition) is 7. The summed E-state index contributed by atoms with van der Waals surface area (Å²) < 4.78 is 29.4. The summed E-state index contributed by atoms with van der Waals surface area (Å²) >= 11 is 1.29. The maximum Gasteiger partial charge on any atom is 0.341 e. The Hall–Kier alpha value is -1.94. The van der Waals surface area contributed by atoms with Gasteiger partial charge in [-0.1, -0.05) is 19.3 Å². The third-order valence-corrected chi connectivity index (χ3v) is 8.94. The van der Waals surface area contributed by atoms with E-state index in [0.717, 1.165) is 37.0 Å². The number of rotatable bonds is 6. The number of amides is 2. The molecule has 1 atom stereocenters. The van der Waals surface area contributed by atoms with E-state index in [0.29, 0.717) is 17.0 Å². The van der Waals surface area contributed by atoms with Gasteiger partial charge in [0.25, 0.3) is 5.91 Å². The number of carbonyl (C=O) groups excluding carboxylic acids is 3. The highest BCUT2D eigenvalue weighted by Crippen LogP contribution is 2.33. The summed E-state index contributed by atoms with van der Waals surface area (Å²) in [6.07, 6.45) is 5.22. The van der Waals surface area contributed by atoms with Crippen molar-refractivity contribution in [3.05, 3.63) is 16.0 Å². The summed E-state index contributed by atoms with van der Waals surface area (Å²) in [7, 11) is -3.15. The first-order valence-corrected chi connectivity index (χ1v) is 13.3. The van der Waals surface area contributed by atoms with Crippen LogP contribution in [0, 0.1) is 13.8 Å². The highest BCUT2D eigenvalue weighted by molar-refractivity contribution is 7.91. The van der Waals surface area contributed by atoms with Gasteiger partial charge in [0.05, 0.1) is 17.1 Å². The molecule has 1 N–H and O–H groups in total. The first-order chi connectivity index (χ1) is 14.6. The van der Waals surface area contributed by atoms with Gasteiger partial charge in [0.1, 0.15) is 5.00 Å². The van der Waals surface area contributed by atoms with Crippen LogP contribution in [0.1, 0.15) is 66.2 Å². The molecular weight excluding hydrogens is 440 g/mol. The zero-order valence-corrected chi connectivity index (χ0v) is 19.9. The molecule has 172 valence electrons. The Morgan fingerprint density at radius 1 is 1.10 bits per heavy atom. The average Bonchev–Trinajstić information content (AvgIpc) is 3.19. The number of ether oxygens (including phenoxy) is 1. The predicted molar refractivity (Wildman–Crippen MR) is 119 cm³/mol. The molecule has 1 aromatic rings. The molecule has 1 aliphatic carbocycles. The Balaban J connectivity index is 1.73. The van der Waals surface area contributed by atoms with Gasteiger partial charge in [0.2, 0.25) is 5.91 Å². The van der Waals surface area contributed by atoms with Crippen LogP contribution in [0.5, 0.6) is 0 Å². The highest BCUT2D eigenvalue weighted by Gasteiger charge is 2.39. The lowest BCUT2D eigenvalue weighted by Crippen LogP contribution is -2.50. The quantitative estimate of drug-likeness (QED) is 0.640. The molecule has 1 saturated heterocycles. The second kappa shape index (κ2) is 9.68. The van der Waals surface area contributed by atoms with Crippen LogP contribution >= 0.6 is 11.3 Å². The molecule has 2 aliphatic rings. The van der Waals surface area contributed by atoms with Crippen molar-refractivity contribution in [2.75, 3.05) is 23.4 Å². The molecule has 2 heterocycles. The van der Waals surface area contributed by atoms with Gasteiger partial charge in [-0.25, -0.2) is 13.2 Å². The summed E-state index contributed by atoms with van der Waals surface area (Å²) in [5.41, 5.74) is 0.968. The van der Waals surface area contributed by atoms with Crippen molar-refractivity contribution in [1.82, 2.24) is 4.90 Å². The van der Waals surface area contributed by atoms with Crippen molar-refractivity contribution in [3.63, 3.8) is 0 Å². The van der Waals surface area contributed by atoms with Gasteiger partial charge in [0.15, 0.2) is 16.4 Å². The number of sulfone groups is 1. The number of esters is 1. The molecule has 1 unspecified atom stereocenters. The van der Waals surface area contributed by atoms with Crippen molar-refractivity contribution >= 4 is 44.0 Å². The van der Waals surface area contributed by atoms with E-state index in [1.165, 1.54) is 18.3 Å². The van der Waals surface area contributed by atoms with Crippen molar-refractivity contribution in [1.29, 1.82) is 0 Å². The molecule has 1 saturated carbocycles. The molecule has 2 fully saturated rings. The summed E-state index contributed by atoms with van der Waals surface area (Å²) in [6.45, 7) is 4.53. The highest BCUT2D eigenvalue weighted by atomic mass is 32.2. The van der Waals surface area contributed by atoms with E-state index in [1.54, 1.807) is 11.8 Å². The Kier molecular flexibility index (Phi) is 7.41. The SMILES string of the molecule is CC(=O)Nc1sc(C)c(C)c1C(=O)OCC(=O)N(C1CCCCC1)C1CCS(=O)(=O)C1. The van der Waals surface area contributed by atoms with Crippen LogP contribution in [0.4, 0.5) is 5.00 Å². The molecule has 8 nitrogen and oxygen atoms in total. The minimum absolute atomic E-state index is 0.0154. The van der Waals surface area contributed by atoms with Gasteiger partial charge < -0.3 is 15.0 Å². The zero-order valence-electron chi connectivity index (χ0n) is 18.2. The number of hydrogen-bond donors (Lipinski definition) is 1. The number of nitrogens with zero attached hydrogens (tertiary/aromatic N) is 1. The van der Waals surface area contributed by atoms with E-state index in [-0.39, 0.29) is 41.0 Å². The number of carbonyl (C=O) groups is 3. The minimum Gasteiger partial charge on any atom is -0.452 e. The Bertz CT molecular complexity index is 963. The van der Waals surface area contributed by atoms with Gasteiger partial charge >= 0.3 is 5.97 Å². The Morgan fingerprint density at radius 2 is 1.77 bits per heavy atom. The molecule has 0 spiro atoms. The smallest absolute Gasteiger partial charge is 0.341 e. The van der Waals surface area contributed by atoms with Crippen LogP contribution in [-0.4, -0.2) is 61.3 Å². The van der Waals surface area contributed by atoms with Gasteiger partial charge in [-0.15, -0.1) is 11.3 Å². The fourth-order valence-electron chi connectivity index (χ4n) is 4.45. The van der Waals surface area contributed by atoms with Gasteiger partial charge in [-0.2, -0.15) is 0 Å². The van der Waals surface area contributed by atoms with Crippen molar-refractivity contribution in [3.8, 4) is 0 Å². The van der Waals surface area contributed by atoms with E-state index >= 15 is 0 Å². The molecule has 0 radical (unpaired) electrons. The monoisotopic (exact) mass is 470 g/mol. The van der Waals surface area contributed by atoms with Crippen LogP contribution in [-0.2, 0) is 24.2 Å². The summed E-state index contributed by atoms with van der Waals surface area (Å²) in [5.74, 6) is -1.26. The minimum atomic E-state index is -3.15. The summed E-state index contributed by atoms with van der Waals surface area (Å²) in [5, 5.41) is 3.06. The van der Waals surface area contributed by atoms with Gasteiger partial charge in [-0.05, 0) is 38.7 Å². The molecule has 0 bridgehead atoms. The molecule has 1 aliphatic heterocycles. The number of aryl methyl sites for hydroxylation is 1. The molecule has 2 amide bonds. The van der Waals surface area contributed by atoms with Crippen LogP contribution < -0.4 is 5.32 Å². The zero-order chi connectivity index (χ0) is 22.8. The van der Waals surface area contributed by atoms with Crippen LogP contribution in [0.15, 0.2) is 0 Å². The standard InChI is InChI=1S/C21H30N2O6S2/c1-13-14(2)30-20(22-15(3)24)19(13)21(26)29-11-18(25)23(16-7-5-4-6-8-16)17-9-10-31(27,28)12-17/h16-17H,4-12H2,1-3H3,(H,22,24). The molecular formula is C21H30N2O6S2. The predicted octanol–water partition coefficient (Wildman–Crippen LogP) is 2.83. The van der Waals surface area contributed by atoms with E-state index in [1.807, 2.05) is 6.92 Å². The van der Waals surface area contributed by atoms with Gasteiger partial charge in [-0.3, -0.25) is 9.59 Å². The van der Waals surface area contributed by atoms with Gasteiger partial charge in [0, 0.05) is 23.9 Å². The van der Waals surface area contributed by atoms with Crippen molar-refractivity contribution in [2.24, 2.45) is 0 Å². The average molecular weight is 471 g/mol. The first kappa shape index (κ1) is 23.7. The maximum atomic E-state index is 13.1. The molecule has 10 heteroatoms. The first-order valence-electron chi connectivity index (χ1n) is 10.7. The number of anilines is 1. The molecule has 1 aromatic heterocycles. The fraction of sp³-hybridized carbons (Fsp3) is 0.667.